The van der Waals surface area contributed by atoms with Crippen molar-refractivity contribution in [3.8, 4) is 28.3 Å². The van der Waals surface area contributed by atoms with Gasteiger partial charge in [-0.3, -0.25) is 4.98 Å². The average Bonchev–Trinajstić information content (AvgIpc) is 3.07. The van der Waals surface area contributed by atoms with Gasteiger partial charge in [0.05, 0.1) is 12.6 Å². The van der Waals surface area contributed by atoms with Crippen molar-refractivity contribution in [2.45, 2.75) is 6.92 Å². The first-order valence-electron chi connectivity index (χ1n) is 7.58. The van der Waals surface area contributed by atoms with Crippen molar-refractivity contribution in [1.29, 1.82) is 0 Å². The molecule has 0 spiro atoms. The minimum atomic E-state index is 0.539. The molecule has 0 atom stereocenters. The minimum Gasteiger partial charge on any atom is -0.497 e. The van der Waals surface area contributed by atoms with Crippen LogP contribution in [-0.4, -0.2) is 22.2 Å². The summed E-state index contributed by atoms with van der Waals surface area (Å²) in [5, 5.41) is 4.98. The van der Waals surface area contributed by atoms with Gasteiger partial charge in [0, 0.05) is 24.1 Å². The largest absolute Gasteiger partial charge is 0.497 e. The van der Waals surface area contributed by atoms with Crippen LogP contribution < -0.4 is 4.74 Å². The topological polar surface area (TPSA) is 61.0 Å². The van der Waals surface area contributed by atoms with E-state index in [0.717, 1.165) is 33.3 Å². The second kappa shape index (κ2) is 5.77. The van der Waals surface area contributed by atoms with Crippen LogP contribution in [0.15, 0.2) is 59.3 Å². The second-order valence-electron chi connectivity index (χ2n) is 5.50. The highest BCUT2D eigenvalue weighted by Gasteiger charge is 2.08. The molecule has 5 heteroatoms. The number of ether oxygens (including phenoxy) is 1. The van der Waals surface area contributed by atoms with E-state index in [-0.39, 0.29) is 0 Å². The van der Waals surface area contributed by atoms with Gasteiger partial charge < -0.3 is 9.26 Å². The number of aromatic nitrogens is 3. The van der Waals surface area contributed by atoms with Crippen LogP contribution in [0.25, 0.3) is 33.4 Å². The van der Waals surface area contributed by atoms with Gasteiger partial charge in [0.1, 0.15) is 5.75 Å². The monoisotopic (exact) mass is 317 g/mol. The summed E-state index contributed by atoms with van der Waals surface area (Å²) in [5.74, 6) is 1.93. The van der Waals surface area contributed by atoms with E-state index in [1.165, 1.54) is 0 Å². The molecule has 0 aliphatic heterocycles. The molecule has 118 valence electrons. The molecule has 4 aromatic rings. The Hall–Kier alpha value is -3.21. The molecule has 0 aliphatic carbocycles. The molecule has 2 aromatic carbocycles. The first kappa shape index (κ1) is 14.4. The van der Waals surface area contributed by atoms with Gasteiger partial charge in [-0.2, -0.15) is 4.98 Å². The van der Waals surface area contributed by atoms with Crippen LogP contribution in [-0.2, 0) is 0 Å². The third-order valence-electron chi connectivity index (χ3n) is 3.89. The van der Waals surface area contributed by atoms with Crippen molar-refractivity contribution in [2.75, 3.05) is 7.11 Å². The highest BCUT2D eigenvalue weighted by atomic mass is 16.5. The molecule has 2 aromatic heterocycles. The molecule has 0 radical (unpaired) electrons. The highest BCUT2D eigenvalue weighted by Crippen LogP contribution is 2.27. The summed E-state index contributed by atoms with van der Waals surface area (Å²) in [5.41, 5.74) is 4.01. The van der Waals surface area contributed by atoms with Crippen molar-refractivity contribution in [2.24, 2.45) is 0 Å². The van der Waals surface area contributed by atoms with E-state index in [4.69, 9.17) is 9.26 Å². The van der Waals surface area contributed by atoms with Gasteiger partial charge in [-0.15, -0.1) is 0 Å². The van der Waals surface area contributed by atoms with Crippen molar-refractivity contribution in [3.63, 3.8) is 0 Å². The number of pyridine rings is 1. The lowest BCUT2D eigenvalue weighted by atomic mass is 10.0. The Balaban J connectivity index is 1.78. The Morgan fingerprint density at radius 3 is 2.38 bits per heavy atom. The van der Waals surface area contributed by atoms with Crippen LogP contribution in [0.1, 0.15) is 5.89 Å². The third kappa shape index (κ3) is 2.60. The van der Waals surface area contributed by atoms with Gasteiger partial charge in [-0.1, -0.05) is 23.4 Å². The maximum Gasteiger partial charge on any atom is 0.223 e. The second-order valence-corrected chi connectivity index (χ2v) is 5.50. The van der Waals surface area contributed by atoms with E-state index >= 15 is 0 Å². The number of nitrogens with zero attached hydrogens (tertiary/aromatic N) is 3. The number of hydrogen-bond acceptors (Lipinski definition) is 5. The summed E-state index contributed by atoms with van der Waals surface area (Å²) in [7, 11) is 1.66. The number of methoxy groups -OCH3 is 1. The molecule has 0 N–H and O–H groups in total. The van der Waals surface area contributed by atoms with Gasteiger partial charge in [0.25, 0.3) is 0 Å². The summed E-state index contributed by atoms with van der Waals surface area (Å²) in [6, 6.07) is 16.2. The maximum absolute atomic E-state index is 5.21. The molecule has 0 aliphatic rings. The number of hydrogen-bond donors (Lipinski definition) is 0. The molecule has 0 fully saturated rings. The quantitative estimate of drug-likeness (QED) is 0.565. The molecule has 4 rings (SSSR count). The van der Waals surface area contributed by atoms with E-state index < -0.39 is 0 Å². The molecule has 0 bridgehead atoms. The van der Waals surface area contributed by atoms with Crippen LogP contribution in [0.4, 0.5) is 0 Å². The normalized spacial score (nSPS) is 10.9. The molecule has 2 heterocycles. The lowest BCUT2D eigenvalue weighted by molar-refractivity contribution is 0.394. The molecule has 5 nitrogen and oxygen atoms in total. The molecule has 0 amide bonds. The zero-order valence-electron chi connectivity index (χ0n) is 13.4. The standard InChI is InChI=1S/C19H15N3O2/c1-12-21-19(22-24-12)16-10-15-9-14(5-8-18(15)20-11-16)13-3-6-17(23-2)7-4-13/h3-11H,1-2H3. The molecule has 0 saturated carbocycles. The van der Waals surface area contributed by atoms with Crippen LogP contribution in [0.3, 0.4) is 0 Å². The van der Waals surface area contributed by atoms with Gasteiger partial charge >= 0.3 is 0 Å². The first-order valence-corrected chi connectivity index (χ1v) is 7.58. The molecule has 0 saturated heterocycles. The average molecular weight is 317 g/mol. The van der Waals surface area contributed by atoms with Crippen molar-refractivity contribution >= 4 is 10.9 Å². The van der Waals surface area contributed by atoms with Crippen molar-refractivity contribution < 1.29 is 9.26 Å². The lowest BCUT2D eigenvalue weighted by Gasteiger charge is -2.06. The Morgan fingerprint density at radius 1 is 0.917 bits per heavy atom. The van der Waals surface area contributed by atoms with Gasteiger partial charge in [0.2, 0.25) is 11.7 Å². The van der Waals surface area contributed by atoms with E-state index in [1.807, 2.05) is 36.4 Å². The van der Waals surface area contributed by atoms with E-state index in [2.05, 4.69) is 27.3 Å². The van der Waals surface area contributed by atoms with E-state index in [9.17, 15) is 0 Å². The highest BCUT2D eigenvalue weighted by molar-refractivity contribution is 5.87. The Morgan fingerprint density at radius 2 is 1.67 bits per heavy atom. The molecule has 24 heavy (non-hydrogen) atoms. The SMILES string of the molecule is COc1ccc(-c2ccc3ncc(-c4noc(C)n4)cc3c2)cc1. The van der Waals surface area contributed by atoms with E-state index in [0.29, 0.717) is 11.7 Å². The number of rotatable bonds is 3. The van der Waals surface area contributed by atoms with Crippen LogP contribution in [0, 0.1) is 6.92 Å². The fourth-order valence-electron chi connectivity index (χ4n) is 2.63. The minimum absolute atomic E-state index is 0.539. The maximum atomic E-state index is 5.21. The van der Waals surface area contributed by atoms with Gasteiger partial charge in [-0.05, 0) is 41.5 Å². The number of benzene rings is 2. The van der Waals surface area contributed by atoms with Crippen LogP contribution in [0.2, 0.25) is 0 Å². The Bertz CT molecular complexity index is 1010. The first-order chi connectivity index (χ1) is 11.7. The number of fused-ring (bicyclic) bond motifs is 1. The van der Waals surface area contributed by atoms with Crippen molar-refractivity contribution in [1.82, 2.24) is 15.1 Å². The zero-order valence-corrected chi connectivity index (χ0v) is 13.4. The zero-order chi connectivity index (χ0) is 16.5. The third-order valence-corrected chi connectivity index (χ3v) is 3.89. The van der Waals surface area contributed by atoms with Crippen LogP contribution >= 0.6 is 0 Å². The summed E-state index contributed by atoms with van der Waals surface area (Å²) < 4.78 is 10.3. The molecular weight excluding hydrogens is 302 g/mol. The summed E-state index contributed by atoms with van der Waals surface area (Å²) >= 11 is 0. The van der Waals surface area contributed by atoms with Crippen molar-refractivity contribution in [3.05, 3.63) is 60.6 Å². The Kier molecular flexibility index (Phi) is 3.46. The predicted octanol–water partition coefficient (Wildman–Crippen LogP) is 4.27. The summed E-state index contributed by atoms with van der Waals surface area (Å²) in [6.45, 7) is 1.77. The van der Waals surface area contributed by atoms with Crippen LogP contribution in [0.5, 0.6) is 5.75 Å². The smallest absolute Gasteiger partial charge is 0.223 e. The van der Waals surface area contributed by atoms with Gasteiger partial charge in [-0.25, -0.2) is 0 Å². The fraction of sp³-hybridized carbons (Fsp3) is 0.105. The molecule has 0 unspecified atom stereocenters. The van der Waals surface area contributed by atoms with Gasteiger partial charge in [0.15, 0.2) is 0 Å². The lowest BCUT2D eigenvalue weighted by Crippen LogP contribution is -1.87. The Labute approximate surface area is 138 Å². The summed E-state index contributed by atoms with van der Waals surface area (Å²) in [4.78, 5) is 8.74. The van der Waals surface area contributed by atoms with E-state index in [1.54, 1.807) is 20.2 Å². The number of aryl methyl sites for hydroxylation is 1. The summed E-state index contributed by atoms with van der Waals surface area (Å²) in [6.07, 6.45) is 1.76. The fourth-order valence-corrected chi connectivity index (χ4v) is 2.63. The predicted molar refractivity (Wildman–Crippen MR) is 91.8 cm³/mol. The molecular formula is C19H15N3O2.